The Balaban J connectivity index is 2.28. The minimum absolute atomic E-state index is 1.26. The van der Waals surface area contributed by atoms with E-state index in [-0.39, 0.29) is 0 Å². The number of nitrogens with zero attached hydrogens (tertiary/aromatic N) is 1. The molecule has 0 amide bonds. The van der Waals surface area contributed by atoms with Gasteiger partial charge in [-0.2, -0.15) is 0 Å². The molecule has 1 nitrogen and oxygen atoms in total. The van der Waals surface area contributed by atoms with Crippen LogP contribution in [0, 0.1) is 13.8 Å². The molecule has 0 bridgehead atoms. The maximum atomic E-state index is 2.27. The molecule has 0 saturated heterocycles. The van der Waals surface area contributed by atoms with Crippen molar-refractivity contribution in [3.8, 4) is 11.3 Å². The molecule has 0 aliphatic heterocycles. The number of benzene rings is 2. The molecule has 2 aromatic carbocycles. The summed E-state index contributed by atoms with van der Waals surface area (Å²) in [6.07, 6.45) is 2.21. The van der Waals surface area contributed by atoms with Gasteiger partial charge in [0.1, 0.15) is 7.05 Å². The number of fused-ring (bicyclic) bond motifs is 1. The lowest BCUT2D eigenvalue weighted by Gasteiger charge is -2.06. The number of hydrogen-bond donors (Lipinski definition) is 0. The summed E-state index contributed by atoms with van der Waals surface area (Å²) in [5.74, 6) is 0. The predicted octanol–water partition coefficient (Wildman–Crippen LogP) is 3.95. The Bertz CT molecular complexity index is 757. The van der Waals surface area contributed by atoms with Crippen LogP contribution in [0.5, 0.6) is 0 Å². The van der Waals surface area contributed by atoms with Crippen LogP contribution in [0.1, 0.15) is 11.1 Å². The highest BCUT2D eigenvalue weighted by Crippen LogP contribution is 2.23. The summed E-state index contributed by atoms with van der Waals surface area (Å²) >= 11 is 0. The van der Waals surface area contributed by atoms with Gasteiger partial charge in [-0.25, -0.2) is 4.57 Å². The van der Waals surface area contributed by atoms with Crippen molar-refractivity contribution >= 4 is 10.8 Å². The van der Waals surface area contributed by atoms with E-state index in [0.29, 0.717) is 0 Å². The highest BCUT2D eigenvalue weighted by atomic mass is 14.9. The van der Waals surface area contributed by atoms with Gasteiger partial charge >= 0.3 is 0 Å². The first-order valence-corrected chi connectivity index (χ1v) is 6.61. The number of aryl methyl sites for hydroxylation is 3. The molecule has 1 heterocycles. The Morgan fingerprint density at radius 2 is 1.63 bits per heavy atom. The van der Waals surface area contributed by atoms with Gasteiger partial charge < -0.3 is 0 Å². The first-order valence-electron chi connectivity index (χ1n) is 6.61. The zero-order valence-corrected chi connectivity index (χ0v) is 11.6. The highest BCUT2D eigenvalue weighted by Gasteiger charge is 2.13. The number of pyridine rings is 1. The average Bonchev–Trinajstić information content (AvgIpc) is 2.39. The first-order chi connectivity index (χ1) is 9.15. The molecule has 3 aromatic rings. The zero-order valence-electron chi connectivity index (χ0n) is 11.6. The van der Waals surface area contributed by atoms with Gasteiger partial charge in [-0.3, -0.25) is 0 Å². The molecule has 0 saturated carbocycles. The Hall–Kier alpha value is -2.15. The van der Waals surface area contributed by atoms with Crippen LogP contribution in [0.4, 0.5) is 0 Å². The fraction of sp³-hybridized carbons (Fsp3) is 0.167. The van der Waals surface area contributed by atoms with Crippen molar-refractivity contribution in [1.82, 2.24) is 0 Å². The van der Waals surface area contributed by atoms with Crippen molar-refractivity contribution in [3.63, 3.8) is 0 Å². The molecule has 0 fully saturated rings. The molecule has 1 heteroatoms. The fourth-order valence-electron chi connectivity index (χ4n) is 2.59. The molecule has 94 valence electrons. The van der Waals surface area contributed by atoms with Crippen molar-refractivity contribution in [2.24, 2.45) is 7.05 Å². The largest absolute Gasteiger partial charge is 0.213 e. The second kappa shape index (κ2) is 4.51. The van der Waals surface area contributed by atoms with Gasteiger partial charge in [0.15, 0.2) is 6.20 Å². The second-order valence-electron chi connectivity index (χ2n) is 5.22. The molecule has 0 unspecified atom stereocenters. The van der Waals surface area contributed by atoms with E-state index in [1.165, 1.54) is 33.2 Å². The van der Waals surface area contributed by atoms with Crippen LogP contribution in [-0.4, -0.2) is 0 Å². The van der Waals surface area contributed by atoms with Gasteiger partial charge in [-0.1, -0.05) is 35.9 Å². The van der Waals surface area contributed by atoms with E-state index in [1.54, 1.807) is 0 Å². The van der Waals surface area contributed by atoms with Gasteiger partial charge in [0.2, 0.25) is 5.69 Å². The quantitative estimate of drug-likeness (QED) is 0.574. The molecule has 1 aromatic heterocycles. The summed E-state index contributed by atoms with van der Waals surface area (Å²) in [7, 11) is 2.11. The maximum Gasteiger partial charge on any atom is 0.213 e. The molecule has 0 spiro atoms. The third-order valence-electron chi connectivity index (χ3n) is 3.67. The summed E-state index contributed by atoms with van der Waals surface area (Å²) in [5.41, 5.74) is 5.17. The average molecular weight is 248 g/mol. The monoisotopic (exact) mass is 248 g/mol. The van der Waals surface area contributed by atoms with Crippen molar-refractivity contribution in [3.05, 3.63) is 65.9 Å². The van der Waals surface area contributed by atoms with Gasteiger partial charge in [0, 0.05) is 17.0 Å². The lowest BCUT2D eigenvalue weighted by Crippen LogP contribution is -2.30. The van der Waals surface area contributed by atoms with E-state index in [4.69, 9.17) is 0 Å². The van der Waals surface area contributed by atoms with E-state index in [1.807, 2.05) is 0 Å². The minimum Gasteiger partial charge on any atom is -0.200 e. The van der Waals surface area contributed by atoms with Crippen LogP contribution in [0.2, 0.25) is 0 Å². The van der Waals surface area contributed by atoms with Crippen molar-refractivity contribution in [2.75, 3.05) is 0 Å². The smallest absolute Gasteiger partial charge is 0.200 e. The van der Waals surface area contributed by atoms with Gasteiger partial charge in [-0.15, -0.1) is 0 Å². The summed E-state index contributed by atoms with van der Waals surface area (Å²) < 4.78 is 2.21. The number of hydrogen-bond acceptors (Lipinski definition) is 0. The standard InChI is InChI=1S/C18H18N/c1-13-8-9-15-11-18(19(3)12-16(15)10-13)17-7-5-4-6-14(17)2/h4-12H,1-3H3/q+1. The lowest BCUT2D eigenvalue weighted by molar-refractivity contribution is -0.659. The zero-order chi connectivity index (χ0) is 13.4. The molecule has 19 heavy (non-hydrogen) atoms. The second-order valence-corrected chi connectivity index (χ2v) is 5.22. The summed E-state index contributed by atoms with van der Waals surface area (Å²) in [6.45, 7) is 4.30. The maximum absolute atomic E-state index is 2.27. The van der Waals surface area contributed by atoms with Gasteiger partial charge in [0.05, 0.1) is 0 Å². The molecule has 0 aliphatic rings. The Morgan fingerprint density at radius 1 is 0.842 bits per heavy atom. The third-order valence-corrected chi connectivity index (χ3v) is 3.67. The van der Waals surface area contributed by atoms with E-state index in [9.17, 15) is 0 Å². The summed E-state index contributed by atoms with van der Waals surface area (Å²) in [5, 5.41) is 2.58. The Morgan fingerprint density at radius 3 is 2.42 bits per heavy atom. The highest BCUT2D eigenvalue weighted by molar-refractivity contribution is 5.84. The fourth-order valence-corrected chi connectivity index (χ4v) is 2.59. The van der Waals surface area contributed by atoms with Crippen LogP contribution >= 0.6 is 0 Å². The minimum atomic E-state index is 1.26. The molecule has 0 atom stereocenters. The molecule has 3 rings (SSSR count). The molecular weight excluding hydrogens is 230 g/mol. The molecular formula is C18H18N+. The molecule has 0 N–H and O–H groups in total. The third kappa shape index (κ3) is 2.12. The van der Waals surface area contributed by atoms with Gasteiger partial charge in [0.25, 0.3) is 0 Å². The van der Waals surface area contributed by atoms with Crippen LogP contribution in [0.25, 0.3) is 22.0 Å². The Kier molecular flexibility index (Phi) is 2.83. The van der Waals surface area contributed by atoms with E-state index >= 15 is 0 Å². The first kappa shape index (κ1) is 11.9. The van der Waals surface area contributed by atoms with Crippen molar-refractivity contribution in [2.45, 2.75) is 13.8 Å². The lowest BCUT2D eigenvalue weighted by atomic mass is 10.0. The van der Waals surface area contributed by atoms with Gasteiger partial charge in [-0.05, 0) is 36.9 Å². The molecule has 0 radical (unpaired) electrons. The van der Waals surface area contributed by atoms with Crippen LogP contribution in [0.15, 0.2) is 54.7 Å². The van der Waals surface area contributed by atoms with Crippen molar-refractivity contribution < 1.29 is 4.57 Å². The molecule has 0 aliphatic carbocycles. The SMILES string of the molecule is Cc1ccc2cc(-c3ccccc3C)[n+](C)cc2c1. The van der Waals surface area contributed by atoms with E-state index in [0.717, 1.165) is 0 Å². The van der Waals surface area contributed by atoms with E-state index in [2.05, 4.69) is 80.2 Å². The normalized spacial score (nSPS) is 10.9. The summed E-state index contributed by atoms with van der Waals surface area (Å²) in [4.78, 5) is 0. The topological polar surface area (TPSA) is 3.88 Å². The Labute approximate surface area is 114 Å². The van der Waals surface area contributed by atoms with Crippen LogP contribution in [0.3, 0.4) is 0 Å². The number of aromatic nitrogens is 1. The van der Waals surface area contributed by atoms with Crippen LogP contribution in [-0.2, 0) is 7.05 Å². The van der Waals surface area contributed by atoms with Crippen LogP contribution < -0.4 is 4.57 Å². The summed E-state index contributed by atoms with van der Waals surface area (Å²) in [6, 6.07) is 17.4. The number of rotatable bonds is 1. The predicted molar refractivity (Wildman–Crippen MR) is 80.0 cm³/mol. The van der Waals surface area contributed by atoms with E-state index < -0.39 is 0 Å². The van der Waals surface area contributed by atoms with Crippen molar-refractivity contribution in [1.29, 1.82) is 0 Å².